The Morgan fingerprint density at radius 3 is 2.43 bits per heavy atom. The number of benzene rings is 2. The van der Waals surface area contributed by atoms with Crippen LogP contribution in [0.3, 0.4) is 0 Å². The quantitative estimate of drug-likeness (QED) is 0.460. The van der Waals surface area contributed by atoms with Crippen LogP contribution in [0.2, 0.25) is 15.1 Å². The Hall–Kier alpha value is -2.74. The van der Waals surface area contributed by atoms with Crippen LogP contribution >= 0.6 is 34.8 Å². The molecule has 0 aliphatic heterocycles. The van der Waals surface area contributed by atoms with Gasteiger partial charge >= 0.3 is 5.97 Å². The lowest BCUT2D eigenvalue weighted by atomic mass is 10.1. The van der Waals surface area contributed by atoms with Crippen molar-refractivity contribution in [3.05, 3.63) is 63.1 Å². The van der Waals surface area contributed by atoms with Gasteiger partial charge in [0.1, 0.15) is 11.4 Å². The Morgan fingerprint density at radius 1 is 1.07 bits per heavy atom. The second-order valence-corrected chi connectivity index (χ2v) is 7.15. The number of nitrogens with one attached hydrogen (secondary N) is 1. The van der Waals surface area contributed by atoms with Gasteiger partial charge in [0.15, 0.2) is 12.2 Å². The van der Waals surface area contributed by atoms with E-state index in [2.05, 4.69) is 10.5 Å². The molecule has 3 rings (SSSR count). The number of rotatable bonds is 7. The number of carbonyl (C=O) groups excluding carboxylic acids is 2. The number of halogens is 3. The van der Waals surface area contributed by atoms with E-state index >= 15 is 0 Å². The van der Waals surface area contributed by atoms with E-state index in [9.17, 15) is 9.59 Å². The fraction of sp³-hybridized carbons (Fsp3) is 0.150. The first-order chi connectivity index (χ1) is 14.4. The molecule has 3 aromatic rings. The van der Waals surface area contributed by atoms with Gasteiger partial charge in [-0.3, -0.25) is 10.1 Å². The van der Waals surface area contributed by atoms with Gasteiger partial charge in [-0.1, -0.05) is 52.1 Å². The normalized spacial score (nSPS) is 10.5. The maximum absolute atomic E-state index is 12.5. The minimum absolute atomic E-state index is 0.0166. The molecule has 0 atom stereocenters. The van der Waals surface area contributed by atoms with Gasteiger partial charge in [-0.05, 0) is 37.3 Å². The van der Waals surface area contributed by atoms with Crippen molar-refractivity contribution in [1.82, 2.24) is 5.16 Å². The number of ether oxygens (including phenoxy) is 2. The molecule has 156 valence electrons. The summed E-state index contributed by atoms with van der Waals surface area (Å²) in [7, 11) is 0. The van der Waals surface area contributed by atoms with Gasteiger partial charge in [0.2, 0.25) is 5.88 Å². The molecule has 0 spiro atoms. The number of anilines is 1. The lowest BCUT2D eigenvalue weighted by Crippen LogP contribution is -2.21. The minimum Gasteiger partial charge on any atom is -0.482 e. The maximum atomic E-state index is 12.5. The van der Waals surface area contributed by atoms with Crippen molar-refractivity contribution < 1.29 is 23.6 Å². The molecule has 2 aromatic carbocycles. The van der Waals surface area contributed by atoms with Crippen molar-refractivity contribution in [2.75, 3.05) is 18.5 Å². The van der Waals surface area contributed by atoms with Gasteiger partial charge in [0, 0.05) is 15.6 Å². The van der Waals surface area contributed by atoms with Crippen LogP contribution in [0.25, 0.3) is 11.3 Å². The largest absolute Gasteiger partial charge is 0.482 e. The average Bonchev–Trinajstić information content (AvgIpc) is 3.11. The predicted octanol–water partition coefficient (Wildman–Crippen LogP) is 5.50. The molecule has 1 heterocycles. The second-order valence-electron chi connectivity index (χ2n) is 5.87. The van der Waals surface area contributed by atoms with Crippen molar-refractivity contribution in [2.24, 2.45) is 0 Å². The Morgan fingerprint density at radius 2 is 1.77 bits per heavy atom. The van der Waals surface area contributed by atoms with Crippen molar-refractivity contribution >= 4 is 52.6 Å². The molecule has 0 aliphatic carbocycles. The molecule has 0 bridgehead atoms. The molecule has 0 saturated carbocycles. The number of esters is 1. The van der Waals surface area contributed by atoms with Crippen LogP contribution in [0, 0.1) is 0 Å². The highest BCUT2D eigenvalue weighted by atomic mass is 35.5. The first-order valence-electron chi connectivity index (χ1n) is 8.69. The molecule has 1 amide bonds. The summed E-state index contributed by atoms with van der Waals surface area (Å²) in [4.78, 5) is 24.8. The standard InChI is InChI=1S/C20H15Cl3N2O5/c1-2-28-20(27)17-18(11-3-5-12(21)6-4-11)25-30-19(17)24-16(26)10-29-15-8-7-13(22)9-14(15)23/h3-9H,2,10H2,1H3,(H,24,26). The van der Waals surface area contributed by atoms with Gasteiger partial charge in [0.05, 0.1) is 11.6 Å². The molecule has 30 heavy (non-hydrogen) atoms. The third-order valence-corrected chi connectivity index (χ3v) is 4.58. The van der Waals surface area contributed by atoms with Crippen LogP contribution in [0.4, 0.5) is 5.88 Å². The molecular formula is C20H15Cl3N2O5. The third kappa shape index (κ3) is 5.24. The average molecular weight is 470 g/mol. The zero-order valence-corrected chi connectivity index (χ0v) is 17.8. The van der Waals surface area contributed by atoms with E-state index in [0.717, 1.165) is 0 Å². The van der Waals surface area contributed by atoms with Crippen molar-refractivity contribution in [3.63, 3.8) is 0 Å². The van der Waals surface area contributed by atoms with Crippen LogP contribution in [-0.4, -0.2) is 30.2 Å². The number of hydrogen-bond acceptors (Lipinski definition) is 6. The number of nitrogens with zero attached hydrogens (tertiary/aromatic N) is 1. The zero-order chi connectivity index (χ0) is 21.7. The topological polar surface area (TPSA) is 90.7 Å². The number of hydrogen-bond donors (Lipinski definition) is 1. The maximum Gasteiger partial charge on any atom is 0.346 e. The van der Waals surface area contributed by atoms with Crippen LogP contribution in [0.15, 0.2) is 47.0 Å². The molecule has 7 nitrogen and oxygen atoms in total. The summed E-state index contributed by atoms with van der Waals surface area (Å²) in [5.74, 6) is -1.17. The summed E-state index contributed by atoms with van der Waals surface area (Å²) in [6.45, 7) is 1.41. The highest BCUT2D eigenvalue weighted by molar-refractivity contribution is 6.35. The lowest BCUT2D eigenvalue weighted by molar-refractivity contribution is -0.118. The predicted molar refractivity (Wildman–Crippen MR) is 113 cm³/mol. The number of amides is 1. The molecule has 0 unspecified atom stereocenters. The SMILES string of the molecule is CCOC(=O)c1c(-c2ccc(Cl)cc2)noc1NC(=O)COc1ccc(Cl)cc1Cl. The molecule has 0 saturated heterocycles. The summed E-state index contributed by atoms with van der Waals surface area (Å²) >= 11 is 17.8. The van der Waals surface area contributed by atoms with Gasteiger partial charge in [-0.25, -0.2) is 4.79 Å². The highest BCUT2D eigenvalue weighted by Crippen LogP contribution is 2.31. The molecule has 1 N–H and O–H groups in total. The molecule has 0 radical (unpaired) electrons. The first-order valence-corrected chi connectivity index (χ1v) is 9.83. The Bertz CT molecular complexity index is 1070. The second kappa shape index (κ2) is 9.84. The third-order valence-electron chi connectivity index (χ3n) is 3.79. The Kier molecular flexibility index (Phi) is 7.20. The van der Waals surface area contributed by atoms with E-state index < -0.39 is 11.9 Å². The van der Waals surface area contributed by atoms with E-state index in [1.807, 2.05) is 0 Å². The van der Waals surface area contributed by atoms with Crippen LogP contribution in [0.5, 0.6) is 5.75 Å². The summed E-state index contributed by atoms with van der Waals surface area (Å²) in [5, 5.41) is 7.58. The van der Waals surface area contributed by atoms with Gasteiger partial charge in [0.25, 0.3) is 5.91 Å². The van der Waals surface area contributed by atoms with Gasteiger partial charge in [-0.15, -0.1) is 0 Å². The first kappa shape index (κ1) is 22.0. The Balaban J connectivity index is 1.79. The lowest BCUT2D eigenvalue weighted by Gasteiger charge is -2.08. The van der Waals surface area contributed by atoms with Gasteiger partial charge < -0.3 is 14.0 Å². The Labute approximate surface area is 186 Å². The molecule has 10 heteroatoms. The van der Waals surface area contributed by atoms with Crippen molar-refractivity contribution in [2.45, 2.75) is 6.92 Å². The summed E-state index contributed by atoms with van der Waals surface area (Å²) in [5.41, 5.74) is 0.759. The molecule has 0 fully saturated rings. The summed E-state index contributed by atoms with van der Waals surface area (Å²) < 4.78 is 15.7. The van der Waals surface area contributed by atoms with E-state index in [4.69, 9.17) is 48.8 Å². The van der Waals surface area contributed by atoms with E-state index in [1.54, 1.807) is 37.3 Å². The highest BCUT2D eigenvalue weighted by Gasteiger charge is 2.26. The van der Waals surface area contributed by atoms with Crippen LogP contribution in [0.1, 0.15) is 17.3 Å². The fourth-order valence-electron chi connectivity index (χ4n) is 2.47. The van der Waals surface area contributed by atoms with Crippen molar-refractivity contribution in [3.8, 4) is 17.0 Å². The van der Waals surface area contributed by atoms with Gasteiger partial charge in [-0.2, -0.15) is 0 Å². The van der Waals surface area contributed by atoms with Crippen molar-refractivity contribution in [1.29, 1.82) is 0 Å². The smallest absolute Gasteiger partial charge is 0.346 e. The molecular weight excluding hydrogens is 455 g/mol. The van der Waals surface area contributed by atoms with Crippen LogP contribution < -0.4 is 10.1 Å². The fourth-order valence-corrected chi connectivity index (χ4v) is 3.06. The number of carbonyl (C=O) groups is 2. The number of aromatic nitrogens is 1. The molecule has 0 aliphatic rings. The van der Waals surface area contributed by atoms with E-state index in [1.165, 1.54) is 12.1 Å². The van der Waals surface area contributed by atoms with E-state index in [0.29, 0.717) is 15.6 Å². The summed E-state index contributed by atoms with van der Waals surface area (Å²) in [6, 6.07) is 11.2. The monoisotopic (exact) mass is 468 g/mol. The van der Waals surface area contributed by atoms with Crippen LogP contribution in [-0.2, 0) is 9.53 Å². The minimum atomic E-state index is -0.694. The molecule has 1 aromatic heterocycles. The van der Waals surface area contributed by atoms with E-state index in [-0.39, 0.29) is 41.1 Å². The zero-order valence-electron chi connectivity index (χ0n) is 15.6. The summed E-state index contributed by atoms with van der Waals surface area (Å²) in [6.07, 6.45) is 0.